The third kappa shape index (κ3) is 4.08. The summed E-state index contributed by atoms with van der Waals surface area (Å²) in [6, 6.07) is 29.3. The van der Waals surface area contributed by atoms with Crippen molar-refractivity contribution in [1.29, 1.82) is 0 Å². The van der Waals surface area contributed by atoms with Crippen molar-refractivity contribution in [2.24, 2.45) is 7.05 Å². The molecule has 0 fully saturated rings. The number of hydrogen-bond acceptors (Lipinski definition) is 4. The largest absolute Gasteiger partial charge is 0.374 e. The van der Waals surface area contributed by atoms with Gasteiger partial charge in [-0.2, -0.15) is 0 Å². The number of aromatic nitrogens is 2. The molecule has 0 aliphatic rings. The second-order valence-electron chi connectivity index (χ2n) is 8.47. The number of para-hydroxylation sites is 1. The Hall–Kier alpha value is -4.65. The molecule has 1 atom stereocenters. The van der Waals surface area contributed by atoms with E-state index in [1.807, 2.05) is 97.5 Å². The molecule has 0 unspecified atom stereocenters. The van der Waals surface area contributed by atoms with Gasteiger partial charge in [-0.05, 0) is 47.5 Å². The zero-order chi connectivity index (χ0) is 24.5. The second kappa shape index (κ2) is 8.95. The van der Waals surface area contributed by atoms with Gasteiger partial charge in [0.05, 0.1) is 22.2 Å². The number of fused-ring (bicyclic) bond motifs is 1. The fourth-order valence-electron chi connectivity index (χ4n) is 4.51. The van der Waals surface area contributed by atoms with Crippen LogP contribution in [0.2, 0.25) is 0 Å². The Bertz CT molecular complexity index is 1600. The molecule has 174 valence electrons. The number of rotatable bonds is 6. The zero-order valence-electron chi connectivity index (χ0n) is 19.4. The topological polar surface area (TPSA) is 82.1 Å². The van der Waals surface area contributed by atoms with Gasteiger partial charge in [0.15, 0.2) is 0 Å². The van der Waals surface area contributed by atoms with Gasteiger partial charge in [-0.15, -0.1) is 0 Å². The van der Waals surface area contributed by atoms with Gasteiger partial charge in [0.1, 0.15) is 0 Å². The summed E-state index contributed by atoms with van der Waals surface area (Å²) in [5.41, 5.74) is 3.30. The normalized spacial score (nSPS) is 11.9. The highest BCUT2D eigenvalue weighted by Crippen LogP contribution is 2.31. The summed E-state index contributed by atoms with van der Waals surface area (Å²) in [5.74, 6) is 0. The molecule has 5 rings (SSSR count). The lowest BCUT2D eigenvalue weighted by Gasteiger charge is -2.20. The third-order valence-electron chi connectivity index (χ3n) is 6.36. The van der Waals surface area contributed by atoms with E-state index in [0.29, 0.717) is 11.1 Å². The van der Waals surface area contributed by atoms with Gasteiger partial charge >= 0.3 is 0 Å². The highest BCUT2D eigenvalue weighted by Gasteiger charge is 2.26. The highest BCUT2D eigenvalue weighted by atomic mass is 16.6. The smallest absolute Gasteiger partial charge is 0.277 e. The molecule has 0 aliphatic heterocycles. The molecule has 7 heteroatoms. The minimum Gasteiger partial charge on any atom is -0.374 e. The van der Waals surface area contributed by atoms with E-state index in [9.17, 15) is 14.9 Å². The van der Waals surface area contributed by atoms with Gasteiger partial charge in [0, 0.05) is 30.6 Å². The van der Waals surface area contributed by atoms with Crippen LogP contribution < -0.4 is 10.9 Å². The molecule has 0 saturated heterocycles. The molecule has 0 amide bonds. The van der Waals surface area contributed by atoms with Crippen molar-refractivity contribution in [1.82, 2.24) is 9.36 Å². The first-order chi connectivity index (χ1) is 16.9. The summed E-state index contributed by atoms with van der Waals surface area (Å²) < 4.78 is 3.44. The molecular weight excluding hydrogens is 440 g/mol. The number of nitro groups is 1. The molecule has 5 aromatic rings. The lowest BCUT2D eigenvalue weighted by atomic mass is 9.97. The van der Waals surface area contributed by atoms with E-state index >= 15 is 0 Å². The predicted octanol–water partition coefficient (Wildman–Crippen LogP) is 5.75. The average molecular weight is 465 g/mol. The van der Waals surface area contributed by atoms with Crippen LogP contribution in [0.1, 0.15) is 22.9 Å². The van der Waals surface area contributed by atoms with Crippen LogP contribution in [0.3, 0.4) is 0 Å². The highest BCUT2D eigenvalue weighted by molar-refractivity contribution is 5.85. The van der Waals surface area contributed by atoms with Crippen molar-refractivity contribution in [2.75, 3.05) is 5.32 Å². The fraction of sp³-hybridized carbons (Fsp3) is 0.107. The van der Waals surface area contributed by atoms with E-state index in [2.05, 4.69) is 5.32 Å². The second-order valence-corrected chi connectivity index (χ2v) is 8.47. The fourth-order valence-corrected chi connectivity index (χ4v) is 4.51. The van der Waals surface area contributed by atoms with Gasteiger partial charge in [0.2, 0.25) is 0 Å². The summed E-state index contributed by atoms with van der Waals surface area (Å²) in [5, 5.41) is 17.2. The molecule has 1 N–H and O–H groups in total. The first kappa shape index (κ1) is 22.2. The molecule has 7 nitrogen and oxygen atoms in total. The quantitative estimate of drug-likeness (QED) is 0.256. The number of nitro benzene ring substituents is 1. The van der Waals surface area contributed by atoms with Gasteiger partial charge in [-0.3, -0.25) is 19.6 Å². The molecular formula is C28H24N4O3. The molecule has 0 radical (unpaired) electrons. The Kier molecular flexibility index (Phi) is 5.66. The number of non-ortho nitro benzene ring substituents is 1. The monoisotopic (exact) mass is 464 g/mol. The van der Waals surface area contributed by atoms with Crippen LogP contribution in [-0.4, -0.2) is 14.3 Å². The number of benzene rings is 4. The van der Waals surface area contributed by atoms with Crippen LogP contribution >= 0.6 is 0 Å². The Morgan fingerprint density at radius 2 is 1.57 bits per heavy atom. The van der Waals surface area contributed by atoms with Crippen molar-refractivity contribution in [3.05, 3.63) is 134 Å². The van der Waals surface area contributed by atoms with E-state index in [0.717, 1.165) is 27.8 Å². The molecule has 35 heavy (non-hydrogen) atoms. The maximum atomic E-state index is 13.8. The molecule has 0 saturated carbocycles. The lowest BCUT2D eigenvalue weighted by Crippen LogP contribution is -2.25. The standard InChI is InChI=1S/C28H24N4O3/c1-19-26(28(33)31(30(19)2)24-12-4-3-5-13-24)27(22-11-8-14-25(18-22)32(34)35)29-23-16-15-20-9-6-7-10-21(20)17-23/h3-18,27,29H,1-2H3/t27-/m0/s1. The number of nitrogens with one attached hydrogen (secondary N) is 1. The minimum atomic E-state index is -0.597. The summed E-state index contributed by atoms with van der Waals surface area (Å²) >= 11 is 0. The molecule has 0 aliphatic carbocycles. The summed E-state index contributed by atoms with van der Waals surface area (Å²) in [7, 11) is 1.84. The molecule has 0 bridgehead atoms. The Labute approximate surface area is 202 Å². The maximum absolute atomic E-state index is 13.8. The summed E-state index contributed by atoms with van der Waals surface area (Å²) in [6.07, 6.45) is 0. The van der Waals surface area contributed by atoms with Crippen LogP contribution in [0.5, 0.6) is 0 Å². The third-order valence-corrected chi connectivity index (χ3v) is 6.36. The predicted molar refractivity (Wildman–Crippen MR) is 138 cm³/mol. The first-order valence-corrected chi connectivity index (χ1v) is 11.3. The van der Waals surface area contributed by atoms with Crippen LogP contribution in [0.15, 0.2) is 102 Å². The van der Waals surface area contributed by atoms with E-state index in [-0.39, 0.29) is 11.2 Å². The maximum Gasteiger partial charge on any atom is 0.277 e. The Morgan fingerprint density at radius 1 is 0.857 bits per heavy atom. The van der Waals surface area contributed by atoms with Gasteiger partial charge < -0.3 is 5.32 Å². The van der Waals surface area contributed by atoms with Crippen LogP contribution in [-0.2, 0) is 7.05 Å². The molecule has 1 heterocycles. The van der Waals surface area contributed by atoms with E-state index in [1.165, 1.54) is 12.1 Å². The van der Waals surface area contributed by atoms with Crippen molar-refractivity contribution in [3.63, 3.8) is 0 Å². The van der Waals surface area contributed by atoms with Gasteiger partial charge in [-0.1, -0.05) is 60.7 Å². The van der Waals surface area contributed by atoms with E-state index in [4.69, 9.17) is 0 Å². The van der Waals surface area contributed by atoms with E-state index < -0.39 is 11.0 Å². The number of anilines is 1. The summed E-state index contributed by atoms with van der Waals surface area (Å²) in [6.45, 7) is 1.89. The first-order valence-electron chi connectivity index (χ1n) is 11.3. The van der Waals surface area contributed by atoms with Crippen molar-refractivity contribution in [3.8, 4) is 5.69 Å². The minimum absolute atomic E-state index is 0.0234. The van der Waals surface area contributed by atoms with Crippen molar-refractivity contribution < 1.29 is 4.92 Å². The Balaban J connectivity index is 1.69. The molecule has 0 spiro atoms. The van der Waals surface area contributed by atoms with Gasteiger partial charge in [0.25, 0.3) is 11.2 Å². The van der Waals surface area contributed by atoms with Crippen LogP contribution in [0.25, 0.3) is 16.5 Å². The molecule has 4 aromatic carbocycles. The van der Waals surface area contributed by atoms with Crippen LogP contribution in [0.4, 0.5) is 11.4 Å². The molecule has 1 aromatic heterocycles. The number of nitrogens with zero attached hydrogens (tertiary/aromatic N) is 3. The number of hydrogen-bond donors (Lipinski definition) is 1. The summed E-state index contributed by atoms with van der Waals surface area (Å²) in [4.78, 5) is 24.9. The van der Waals surface area contributed by atoms with Crippen molar-refractivity contribution in [2.45, 2.75) is 13.0 Å². The van der Waals surface area contributed by atoms with Gasteiger partial charge in [-0.25, -0.2) is 4.68 Å². The van der Waals surface area contributed by atoms with Crippen molar-refractivity contribution >= 4 is 22.1 Å². The average Bonchev–Trinajstić information content (AvgIpc) is 3.10. The van der Waals surface area contributed by atoms with Crippen LogP contribution in [0, 0.1) is 17.0 Å². The zero-order valence-corrected chi connectivity index (χ0v) is 19.4. The lowest BCUT2D eigenvalue weighted by molar-refractivity contribution is -0.384. The van der Waals surface area contributed by atoms with E-state index in [1.54, 1.807) is 10.7 Å². The Morgan fingerprint density at radius 3 is 2.31 bits per heavy atom. The SMILES string of the molecule is Cc1c([C@@H](Nc2ccc3ccccc3c2)c2cccc([N+](=O)[O-])c2)c(=O)n(-c2ccccc2)n1C.